The highest BCUT2D eigenvalue weighted by Gasteiger charge is 2.38. The lowest BCUT2D eigenvalue weighted by Crippen LogP contribution is -2.52. The second kappa shape index (κ2) is 7.87. The molecule has 5 nitrogen and oxygen atoms in total. The number of carbonyl (C=O) groups excluding carboxylic acids is 1. The van der Waals surface area contributed by atoms with E-state index in [1.165, 1.54) is 0 Å². The van der Waals surface area contributed by atoms with Crippen molar-refractivity contribution in [2.45, 2.75) is 50.7 Å². The lowest BCUT2D eigenvalue weighted by Gasteiger charge is -2.35. The van der Waals surface area contributed by atoms with Crippen molar-refractivity contribution in [2.24, 2.45) is 0 Å². The van der Waals surface area contributed by atoms with Crippen LogP contribution in [0.15, 0.2) is 12.1 Å². The minimum absolute atomic E-state index is 0.0374. The van der Waals surface area contributed by atoms with Crippen LogP contribution in [0.3, 0.4) is 0 Å². The third kappa shape index (κ3) is 5.21. The molecule has 1 aliphatic heterocycles. The standard InChI is InChI=1S/C17H20F5N3O2/c18-13-7-15(27-17(20,21)22)14(19)6-10(13)8-24-16(26)25(11-3-4-11)12-2-1-5-23-9-12/h6-7,11-12,23H,1-5,8-9H2,(H,24,26). The molecule has 1 saturated carbocycles. The predicted octanol–water partition coefficient (Wildman–Crippen LogP) is 3.29. The van der Waals surface area contributed by atoms with Gasteiger partial charge in [0.2, 0.25) is 0 Å². The van der Waals surface area contributed by atoms with Gasteiger partial charge in [-0.05, 0) is 38.3 Å². The van der Waals surface area contributed by atoms with Crippen molar-refractivity contribution in [1.29, 1.82) is 0 Å². The van der Waals surface area contributed by atoms with Gasteiger partial charge in [-0.2, -0.15) is 0 Å². The zero-order chi connectivity index (χ0) is 19.6. The van der Waals surface area contributed by atoms with Crippen LogP contribution in [0, 0.1) is 11.6 Å². The molecule has 0 aromatic heterocycles. The number of nitrogens with zero attached hydrogens (tertiary/aromatic N) is 1. The van der Waals surface area contributed by atoms with Crippen molar-refractivity contribution in [3.05, 3.63) is 29.3 Å². The summed E-state index contributed by atoms with van der Waals surface area (Å²) < 4.78 is 67.7. The lowest BCUT2D eigenvalue weighted by molar-refractivity contribution is -0.275. The number of benzene rings is 1. The molecular formula is C17H20F5N3O2. The van der Waals surface area contributed by atoms with Gasteiger partial charge >= 0.3 is 12.4 Å². The summed E-state index contributed by atoms with van der Waals surface area (Å²) in [5.41, 5.74) is -0.257. The monoisotopic (exact) mass is 393 g/mol. The van der Waals surface area contributed by atoms with Crippen LogP contribution in [0.2, 0.25) is 0 Å². The molecule has 1 heterocycles. The molecule has 2 fully saturated rings. The normalized spacial score (nSPS) is 20.3. The zero-order valence-electron chi connectivity index (χ0n) is 14.4. The van der Waals surface area contributed by atoms with Crippen molar-refractivity contribution < 1.29 is 31.5 Å². The number of piperidine rings is 1. The molecule has 0 spiro atoms. The summed E-state index contributed by atoms with van der Waals surface area (Å²) in [6, 6.07) is 0.713. The smallest absolute Gasteiger partial charge is 0.403 e. The zero-order valence-corrected chi connectivity index (χ0v) is 14.4. The molecular weight excluding hydrogens is 373 g/mol. The van der Waals surface area contributed by atoms with E-state index in [-0.39, 0.29) is 30.2 Å². The molecule has 0 radical (unpaired) electrons. The summed E-state index contributed by atoms with van der Waals surface area (Å²) in [5, 5.41) is 5.77. The maximum atomic E-state index is 14.0. The molecule has 1 atom stereocenters. The van der Waals surface area contributed by atoms with Crippen LogP contribution in [0.25, 0.3) is 0 Å². The Morgan fingerprint density at radius 1 is 1.19 bits per heavy atom. The molecule has 150 valence electrons. The van der Waals surface area contributed by atoms with Crippen LogP contribution in [0.1, 0.15) is 31.2 Å². The number of nitrogens with one attached hydrogen (secondary N) is 2. The Labute approximate surface area is 152 Å². The van der Waals surface area contributed by atoms with Gasteiger partial charge in [0, 0.05) is 36.8 Å². The highest BCUT2D eigenvalue weighted by atomic mass is 19.4. The van der Waals surface area contributed by atoms with Gasteiger partial charge in [-0.3, -0.25) is 0 Å². The molecule has 1 aromatic carbocycles. The van der Waals surface area contributed by atoms with Gasteiger partial charge < -0.3 is 20.3 Å². The van der Waals surface area contributed by atoms with Crippen LogP contribution in [-0.4, -0.2) is 42.5 Å². The van der Waals surface area contributed by atoms with Crippen molar-refractivity contribution in [3.63, 3.8) is 0 Å². The molecule has 2 N–H and O–H groups in total. The average Bonchev–Trinajstić information content (AvgIpc) is 3.41. The molecule has 2 aliphatic rings. The number of hydrogen-bond acceptors (Lipinski definition) is 3. The second-order valence-corrected chi connectivity index (χ2v) is 6.72. The van der Waals surface area contributed by atoms with E-state index < -0.39 is 23.7 Å². The Morgan fingerprint density at radius 2 is 1.93 bits per heavy atom. The first-order valence-corrected chi connectivity index (χ1v) is 8.75. The summed E-state index contributed by atoms with van der Waals surface area (Å²) in [6.45, 7) is 1.24. The highest BCUT2D eigenvalue weighted by Crippen LogP contribution is 2.31. The van der Waals surface area contributed by atoms with Gasteiger partial charge in [0.05, 0.1) is 0 Å². The number of hydrogen-bond donors (Lipinski definition) is 2. The van der Waals surface area contributed by atoms with E-state index in [1.807, 2.05) is 0 Å². The molecule has 27 heavy (non-hydrogen) atoms. The third-order valence-electron chi connectivity index (χ3n) is 4.60. The fraction of sp³-hybridized carbons (Fsp3) is 0.588. The fourth-order valence-corrected chi connectivity index (χ4v) is 3.22. The van der Waals surface area contributed by atoms with Crippen molar-refractivity contribution in [1.82, 2.24) is 15.5 Å². The van der Waals surface area contributed by atoms with Crippen LogP contribution in [0.4, 0.5) is 26.7 Å². The van der Waals surface area contributed by atoms with E-state index in [1.54, 1.807) is 4.90 Å². The molecule has 10 heteroatoms. The van der Waals surface area contributed by atoms with Crippen molar-refractivity contribution >= 4 is 6.03 Å². The van der Waals surface area contributed by atoms with Crippen LogP contribution < -0.4 is 15.4 Å². The quantitative estimate of drug-likeness (QED) is 0.755. The van der Waals surface area contributed by atoms with E-state index in [0.29, 0.717) is 18.7 Å². The molecule has 2 amide bonds. The first-order chi connectivity index (χ1) is 12.7. The molecule has 1 unspecified atom stereocenters. The number of rotatable bonds is 5. The van der Waals surface area contributed by atoms with E-state index >= 15 is 0 Å². The Morgan fingerprint density at radius 3 is 2.52 bits per heavy atom. The average molecular weight is 393 g/mol. The van der Waals surface area contributed by atoms with E-state index in [4.69, 9.17) is 0 Å². The number of carbonyl (C=O) groups is 1. The Kier molecular flexibility index (Phi) is 5.73. The molecule has 1 saturated heterocycles. The van der Waals surface area contributed by atoms with Gasteiger partial charge in [0.25, 0.3) is 0 Å². The fourth-order valence-electron chi connectivity index (χ4n) is 3.22. The first-order valence-electron chi connectivity index (χ1n) is 8.75. The summed E-state index contributed by atoms with van der Waals surface area (Å²) in [7, 11) is 0. The Bertz CT molecular complexity index is 688. The number of halogens is 5. The van der Waals surface area contributed by atoms with Crippen LogP contribution in [-0.2, 0) is 6.54 Å². The maximum absolute atomic E-state index is 14.0. The largest absolute Gasteiger partial charge is 0.573 e. The number of urea groups is 1. The Balaban J connectivity index is 1.64. The van der Waals surface area contributed by atoms with Gasteiger partial charge in [0.15, 0.2) is 11.6 Å². The predicted molar refractivity (Wildman–Crippen MR) is 86.0 cm³/mol. The highest BCUT2D eigenvalue weighted by molar-refractivity contribution is 5.75. The lowest BCUT2D eigenvalue weighted by atomic mass is 10.1. The van der Waals surface area contributed by atoms with Gasteiger partial charge in [0.1, 0.15) is 5.82 Å². The molecule has 3 rings (SSSR count). The topological polar surface area (TPSA) is 53.6 Å². The van der Waals surface area contributed by atoms with Crippen molar-refractivity contribution in [2.75, 3.05) is 13.1 Å². The molecule has 1 aromatic rings. The molecule has 1 aliphatic carbocycles. The van der Waals surface area contributed by atoms with Gasteiger partial charge in [-0.1, -0.05) is 0 Å². The summed E-state index contributed by atoms with van der Waals surface area (Å²) in [4.78, 5) is 14.3. The Hall–Kier alpha value is -2.10. The second-order valence-electron chi connectivity index (χ2n) is 6.72. The minimum atomic E-state index is -5.12. The number of amides is 2. The third-order valence-corrected chi connectivity index (χ3v) is 4.60. The van der Waals surface area contributed by atoms with Crippen molar-refractivity contribution in [3.8, 4) is 5.75 Å². The van der Waals surface area contributed by atoms with E-state index in [9.17, 15) is 26.7 Å². The SMILES string of the molecule is O=C(NCc1cc(F)c(OC(F)(F)F)cc1F)N(C1CC1)C1CCCNC1. The summed E-state index contributed by atoms with van der Waals surface area (Å²) in [6.07, 6.45) is -1.51. The van der Waals surface area contributed by atoms with Crippen LogP contribution >= 0.6 is 0 Å². The van der Waals surface area contributed by atoms with Gasteiger partial charge in [-0.25, -0.2) is 13.6 Å². The maximum Gasteiger partial charge on any atom is 0.573 e. The number of ether oxygens (including phenoxy) is 1. The van der Waals surface area contributed by atoms with E-state index in [0.717, 1.165) is 32.2 Å². The van der Waals surface area contributed by atoms with Crippen LogP contribution in [0.5, 0.6) is 5.75 Å². The molecule has 0 bridgehead atoms. The summed E-state index contributed by atoms with van der Waals surface area (Å²) >= 11 is 0. The van der Waals surface area contributed by atoms with E-state index in [2.05, 4.69) is 15.4 Å². The first kappa shape index (κ1) is 19.7. The minimum Gasteiger partial charge on any atom is -0.403 e. The number of alkyl halides is 3. The van der Waals surface area contributed by atoms with Gasteiger partial charge in [-0.15, -0.1) is 13.2 Å². The summed E-state index contributed by atoms with van der Waals surface area (Å²) in [5.74, 6) is -3.69.